The van der Waals surface area contributed by atoms with Crippen LogP contribution in [0.2, 0.25) is 0 Å². The van der Waals surface area contributed by atoms with Gasteiger partial charge in [0, 0.05) is 11.3 Å². The lowest BCUT2D eigenvalue weighted by atomic mass is 10.0. The molecule has 2 rings (SSSR count). The Balaban J connectivity index is 2.35. The highest BCUT2D eigenvalue weighted by atomic mass is 16.5. The molecule has 33 heavy (non-hydrogen) atoms. The molecule has 0 spiro atoms. The molecule has 0 aromatic heterocycles. The molecule has 0 radical (unpaired) electrons. The molecule has 0 unspecified atom stereocenters. The molecule has 0 aliphatic carbocycles. The molecular weight excluding hydrogens is 420 g/mol. The third kappa shape index (κ3) is 6.84. The molecule has 170 valence electrons. The van der Waals surface area contributed by atoms with E-state index < -0.39 is 11.9 Å². The van der Waals surface area contributed by atoms with Gasteiger partial charge in [-0.2, -0.15) is 5.26 Å². The largest absolute Gasteiger partial charge is 0.490 e. The Labute approximate surface area is 193 Å². The van der Waals surface area contributed by atoms with E-state index in [1.807, 2.05) is 19.1 Å². The van der Waals surface area contributed by atoms with Crippen LogP contribution < -0.4 is 14.8 Å². The van der Waals surface area contributed by atoms with Gasteiger partial charge in [0.25, 0.3) is 5.91 Å². The van der Waals surface area contributed by atoms with Crippen molar-refractivity contribution in [3.05, 3.63) is 84.0 Å². The summed E-state index contributed by atoms with van der Waals surface area (Å²) in [6.07, 6.45) is 5.35. The Kier molecular flexibility index (Phi) is 9.47. The van der Waals surface area contributed by atoms with Crippen molar-refractivity contribution in [2.75, 3.05) is 25.6 Å². The predicted molar refractivity (Wildman–Crippen MR) is 127 cm³/mol. The molecule has 0 saturated carbocycles. The molecule has 2 aromatic carbocycles. The number of methoxy groups -OCH3 is 1. The van der Waals surface area contributed by atoms with Gasteiger partial charge in [-0.15, -0.1) is 6.58 Å². The summed E-state index contributed by atoms with van der Waals surface area (Å²) in [6.45, 7) is 10.0. The fourth-order valence-electron chi connectivity index (χ4n) is 2.96. The van der Waals surface area contributed by atoms with E-state index in [1.54, 1.807) is 30.4 Å². The van der Waals surface area contributed by atoms with E-state index in [2.05, 4.69) is 23.2 Å². The number of carbonyl (C=O) groups is 2. The van der Waals surface area contributed by atoms with Crippen molar-refractivity contribution in [1.82, 2.24) is 0 Å². The SMILES string of the molecule is C=CCOc1c(CC=C)cc(/C=C(\C#N)C(=O)Nc2ccc(C(=O)OC)cc2)cc1OCC. The number of nitriles is 1. The Morgan fingerprint density at radius 3 is 2.42 bits per heavy atom. The second-order valence-electron chi connectivity index (χ2n) is 6.73. The lowest BCUT2D eigenvalue weighted by Crippen LogP contribution is -2.13. The first-order valence-electron chi connectivity index (χ1n) is 10.2. The quantitative estimate of drug-likeness (QED) is 0.232. The molecule has 0 fully saturated rings. The van der Waals surface area contributed by atoms with Gasteiger partial charge in [-0.3, -0.25) is 4.79 Å². The maximum absolute atomic E-state index is 12.7. The van der Waals surface area contributed by atoms with Gasteiger partial charge in [0.2, 0.25) is 0 Å². The zero-order valence-corrected chi connectivity index (χ0v) is 18.7. The summed E-state index contributed by atoms with van der Waals surface area (Å²) in [6, 6.07) is 11.6. The summed E-state index contributed by atoms with van der Waals surface area (Å²) in [5.41, 5.74) is 2.10. The predicted octanol–water partition coefficient (Wildman–Crippen LogP) is 4.71. The first-order valence-corrected chi connectivity index (χ1v) is 10.2. The molecule has 7 nitrogen and oxygen atoms in total. The minimum Gasteiger partial charge on any atom is -0.490 e. The van der Waals surface area contributed by atoms with E-state index in [-0.39, 0.29) is 5.57 Å². The Morgan fingerprint density at radius 2 is 1.85 bits per heavy atom. The van der Waals surface area contributed by atoms with Gasteiger partial charge < -0.3 is 19.5 Å². The van der Waals surface area contributed by atoms with Gasteiger partial charge in [-0.25, -0.2) is 4.79 Å². The number of benzene rings is 2. The van der Waals surface area contributed by atoms with Gasteiger partial charge in [0.15, 0.2) is 11.5 Å². The van der Waals surface area contributed by atoms with Crippen LogP contribution in [-0.4, -0.2) is 32.2 Å². The molecule has 1 amide bonds. The van der Waals surface area contributed by atoms with Crippen LogP contribution >= 0.6 is 0 Å². The number of hydrogen-bond acceptors (Lipinski definition) is 6. The van der Waals surface area contributed by atoms with Crippen molar-refractivity contribution < 1.29 is 23.8 Å². The topological polar surface area (TPSA) is 97.7 Å². The average Bonchev–Trinajstić information content (AvgIpc) is 2.82. The minimum absolute atomic E-state index is 0.0983. The minimum atomic E-state index is -0.585. The van der Waals surface area contributed by atoms with Crippen LogP contribution in [0.3, 0.4) is 0 Å². The van der Waals surface area contributed by atoms with Crippen LogP contribution in [0, 0.1) is 11.3 Å². The van der Waals surface area contributed by atoms with Gasteiger partial charge in [0.1, 0.15) is 18.2 Å². The first-order chi connectivity index (χ1) is 16.0. The van der Waals surface area contributed by atoms with Crippen molar-refractivity contribution in [2.45, 2.75) is 13.3 Å². The molecule has 0 aliphatic heterocycles. The number of anilines is 1. The molecule has 0 bridgehead atoms. The molecule has 0 heterocycles. The van der Waals surface area contributed by atoms with Crippen molar-refractivity contribution >= 4 is 23.6 Å². The van der Waals surface area contributed by atoms with Crippen LogP contribution in [0.25, 0.3) is 6.08 Å². The maximum atomic E-state index is 12.7. The highest BCUT2D eigenvalue weighted by Gasteiger charge is 2.15. The van der Waals surface area contributed by atoms with Crippen LogP contribution in [0.5, 0.6) is 11.5 Å². The fourth-order valence-corrected chi connectivity index (χ4v) is 2.96. The normalized spacial score (nSPS) is 10.5. The molecule has 7 heteroatoms. The molecular formula is C26H26N2O5. The Morgan fingerprint density at radius 1 is 1.12 bits per heavy atom. The summed E-state index contributed by atoms with van der Waals surface area (Å²) < 4.78 is 16.2. The second-order valence-corrected chi connectivity index (χ2v) is 6.73. The molecule has 1 N–H and O–H groups in total. The van der Waals surface area contributed by atoms with Crippen LogP contribution in [0.15, 0.2) is 67.3 Å². The van der Waals surface area contributed by atoms with E-state index in [1.165, 1.54) is 25.3 Å². The van der Waals surface area contributed by atoms with Gasteiger partial charge in [-0.1, -0.05) is 18.7 Å². The van der Waals surface area contributed by atoms with Crippen LogP contribution in [0.4, 0.5) is 5.69 Å². The zero-order chi connectivity index (χ0) is 24.2. The van der Waals surface area contributed by atoms with Crippen molar-refractivity contribution in [3.63, 3.8) is 0 Å². The number of nitrogens with one attached hydrogen (secondary N) is 1. The lowest BCUT2D eigenvalue weighted by Gasteiger charge is -2.16. The summed E-state index contributed by atoms with van der Waals surface area (Å²) >= 11 is 0. The number of allylic oxidation sites excluding steroid dienone is 1. The van der Waals surface area contributed by atoms with Crippen molar-refractivity contribution in [1.29, 1.82) is 5.26 Å². The summed E-state index contributed by atoms with van der Waals surface area (Å²) in [7, 11) is 1.29. The van der Waals surface area contributed by atoms with E-state index in [4.69, 9.17) is 9.47 Å². The van der Waals surface area contributed by atoms with E-state index in [9.17, 15) is 14.9 Å². The van der Waals surface area contributed by atoms with Gasteiger partial charge in [0.05, 0.1) is 19.3 Å². The highest BCUT2D eigenvalue weighted by molar-refractivity contribution is 6.09. The third-order valence-electron chi connectivity index (χ3n) is 4.40. The summed E-state index contributed by atoms with van der Waals surface area (Å²) in [5.74, 6) is 0.00784. The Bertz CT molecular complexity index is 1090. The van der Waals surface area contributed by atoms with Crippen molar-refractivity contribution in [2.24, 2.45) is 0 Å². The van der Waals surface area contributed by atoms with E-state index in [0.717, 1.165) is 5.56 Å². The second kappa shape index (κ2) is 12.5. The number of carbonyl (C=O) groups excluding carboxylic acids is 2. The van der Waals surface area contributed by atoms with Crippen LogP contribution in [0.1, 0.15) is 28.4 Å². The number of amides is 1. The smallest absolute Gasteiger partial charge is 0.337 e. The van der Waals surface area contributed by atoms with Crippen molar-refractivity contribution in [3.8, 4) is 17.6 Å². The third-order valence-corrected chi connectivity index (χ3v) is 4.40. The summed E-state index contributed by atoms with van der Waals surface area (Å²) in [5, 5.41) is 12.2. The van der Waals surface area contributed by atoms with E-state index in [0.29, 0.717) is 47.9 Å². The monoisotopic (exact) mass is 446 g/mol. The number of nitrogens with zero attached hydrogens (tertiary/aromatic N) is 1. The van der Waals surface area contributed by atoms with Gasteiger partial charge in [-0.05, 0) is 61.4 Å². The first kappa shape index (κ1) is 25.0. The maximum Gasteiger partial charge on any atom is 0.337 e. The fraction of sp³-hybridized carbons (Fsp3) is 0.192. The van der Waals surface area contributed by atoms with Crippen LogP contribution in [-0.2, 0) is 16.0 Å². The highest BCUT2D eigenvalue weighted by Crippen LogP contribution is 2.34. The number of hydrogen-bond donors (Lipinski definition) is 1. The molecule has 2 aromatic rings. The standard InChI is InChI=1S/C26H26N2O5/c1-5-8-20-14-18(16-23(32-7-3)24(20)33-13-6-2)15-21(17-27)25(29)28-22-11-9-19(10-12-22)26(30)31-4/h5-6,9-12,14-16H,1-2,7-8,13H2,3-4H3,(H,28,29)/b21-15+. The molecule has 0 aliphatic rings. The van der Waals surface area contributed by atoms with E-state index >= 15 is 0 Å². The number of rotatable bonds is 11. The molecule has 0 atom stereocenters. The summed E-state index contributed by atoms with van der Waals surface area (Å²) in [4.78, 5) is 24.2. The number of ether oxygens (including phenoxy) is 3. The Hall–Kier alpha value is -4.31. The molecule has 0 saturated heterocycles. The average molecular weight is 447 g/mol. The number of esters is 1. The van der Waals surface area contributed by atoms with Gasteiger partial charge >= 0.3 is 5.97 Å². The zero-order valence-electron chi connectivity index (χ0n) is 18.7. The lowest BCUT2D eigenvalue weighted by molar-refractivity contribution is -0.112.